The van der Waals surface area contributed by atoms with Crippen LogP contribution in [-0.2, 0) is 9.53 Å². The number of nitrogens with zero attached hydrogens (tertiary/aromatic N) is 1. The lowest BCUT2D eigenvalue weighted by atomic mass is 10.1. The van der Waals surface area contributed by atoms with E-state index in [1.54, 1.807) is 19.2 Å². The maximum absolute atomic E-state index is 14.0. The third-order valence-corrected chi connectivity index (χ3v) is 3.14. The molecule has 1 aromatic carbocycles. The summed E-state index contributed by atoms with van der Waals surface area (Å²) < 4.78 is 24.2. The van der Waals surface area contributed by atoms with Crippen molar-refractivity contribution in [3.63, 3.8) is 0 Å². The van der Waals surface area contributed by atoms with Gasteiger partial charge in [-0.3, -0.25) is 4.79 Å². The van der Waals surface area contributed by atoms with Crippen LogP contribution in [0.5, 0.6) is 5.75 Å². The molecule has 0 unspecified atom stereocenters. The monoisotopic (exact) mass is 267 g/mol. The van der Waals surface area contributed by atoms with Gasteiger partial charge in [-0.05, 0) is 12.1 Å². The summed E-state index contributed by atoms with van der Waals surface area (Å²) in [7, 11) is 1.59. The molecular formula is C14H18FNO3. The van der Waals surface area contributed by atoms with Crippen LogP contribution in [0, 0.1) is 5.82 Å². The molecule has 0 atom stereocenters. The van der Waals surface area contributed by atoms with Crippen LogP contribution in [0.25, 0.3) is 0 Å². The molecule has 1 aliphatic heterocycles. The van der Waals surface area contributed by atoms with Gasteiger partial charge in [-0.2, -0.15) is 0 Å². The minimum Gasteiger partial charge on any atom is -0.491 e. The summed E-state index contributed by atoms with van der Waals surface area (Å²) in [6.07, 6.45) is 0.983. The van der Waals surface area contributed by atoms with Gasteiger partial charge in [0.2, 0.25) is 0 Å². The molecule has 1 aliphatic rings. The van der Waals surface area contributed by atoms with Crippen molar-refractivity contribution in [1.29, 1.82) is 0 Å². The summed E-state index contributed by atoms with van der Waals surface area (Å²) in [5.41, 5.74) is 0.534. The van der Waals surface area contributed by atoms with Crippen LogP contribution in [0.15, 0.2) is 18.2 Å². The number of hydrogen-bond donors (Lipinski definition) is 0. The summed E-state index contributed by atoms with van der Waals surface area (Å²) in [5, 5.41) is 0. The third-order valence-electron chi connectivity index (χ3n) is 3.14. The minimum absolute atomic E-state index is 0.246. The van der Waals surface area contributed by atoms with E-state index in [9.17, 15) is 9.18 Å². The fourth-order valence-electron chi connectivity index (χ4n) is 2.07. The number of halogens is 1. The van der Waals surface area contributed by atoms with Crippen LogP contribution < -0.4 is 9.64 Å². The van der Waals surface area contributed by atoms with E-state index in [2.05, 4.69) is 0 Å². The number of anilines is 1. The summed E-state index contributed by atoms with van der Waals surface area (Å²) in [4.78, 5) is 13.1. The Bertz CT molecular complexity index is 440. The predicted molar refractivity (Wildman–Crippen MR) is 70.2 cm³/mol. The number of rotatable bonds is 5. The van der Waals surface area contributed by atoms with Gasteiger partial charge in [0.25, 0.3) is 0 Å². The van der Waals surface area contributed by atoms with Gasteiger partial charge in [0.15, 0.2) is 0 Å². The molecular weight excluding hydrogens is 249 g/mol. The quantitative estimate of drug-likeness (QED) is 0.765. The van der Waals surface area contributed by atoms with Gasteiger partial charge >= 0.3 is 0 Å². The Hall–Kier alpha value is -1.62. The molecule has 0 saturated carbocycles. The number of Topliss-reactive ketones (excluding diaryl/α,β-unsaturated/α-hetero) is 1. The fourth-order valence-corrected chi connectivity index (χ4v) is 2.07. The molecule has 0 bridgehead atoms. The number of ketones is 1. The smallest absolute Gasteiger partial charge is 0.150 e. The number of carbonyl (C=O) groups is 1. The van der Waals surface area contributed by atoms with E-state index in [1.165, 1.54) is 6.07 Å². The molecule has 0 N–H and O–H groups in total. The highest BCUT2D eigenvalue weighted by molar-refractivity contribution is 5.81. The zero-order chi connectivity index (χ0) is 13.7. The standard InChI is InChI=1S/C14H18FNO3/c1-18-8-9-19-12-2-3-14(13(15)10-12)16-6-4-11(17)5-7-16/h2-3,10H,4-9H2,1H3. The van der Waals surface area contributed by atoms with E-state index >= 15 is 0 Å². The molecule has 5 heteroatoms. The van der Waals surface area contributed by atoms with Gasteiger partial charge in [0.1, 0.15) is 24.0 Å². The Morgan fingerprint density at radius 1 is 1.26 bits per heavy atom. The highest BCUT2D eigenvalue weighted by Crippen LogP contribution is 2.26. The topological polar surface area (TPSA) is 38.8 Å². The predicted octanol–water partition coefficient (Wildman–Crippen LogP) is 2.02. The Kier molecular flexibility index (Phi) is 4.74. The first-order valence-electron chi connectivity index (χ1n) is 6.38. The Morgan fingerprint density at radius 2 is 2.00 bits per heavy atom. The van der Waals surface area contributed by atoms with E-state index in [0.29, 0.717) is 50.6 Å². The van der Waals surface area contributed by atoms with Crippen molar-refractivity contribution in [2.24, 2.45) is 0 Å². The van der Waals surface area contributed by atoms with Crippen molar-refractivity contribution >= 4 is 11.5 Å². The van der Waals surface area contributed by atoms with E-state index in [-0.39, 0.29) is 11.6 Å². The van der Waals surface area contributed by atoms with Crippen molar-refractivity contribution < 1.29 is 18.7 Å². The van der Waals surface area contributed by atoms with E-state index in [1.807, 2.05) is 4.90 Å². The van der Waals surface area contributed by atoms with Gasteiger partial charge < -0.3 is 14.4 Å². The molecule has 1 aromatic rings. The molecule has 1 heterocycles. The molecule has 0 spiro atoms. The second-order valence-electron chi connectivity index (χ2n) is 4.48. The molecule has 19 heavy (non-hydrogen) atoms. The Balaban J connectivity index is 2.00. The summed E-state index contributed by atoms with van der Waals surface area (Å²) in [5.74, 6) is 0.423. The largest absolute Gasteiger partial charge is 0.491 e. The molecule has 0 amide bonds. The molecule has 0 aromatic heterocycles. The van der Waals surface area contributed by atoms with Gasteiger partial charge in [0, 0.05) is 39.1 Å². The highest BCUT2D eigenvalue weighted by Gasteiger charge is 2.19. The van der Waals surface area contributed by atoms with Crippen molar-refractivity contribution in [3.8, 4) is 5.75 Å². The van der Waals surface area contributed by atoms with E-state index in [4.69, 9.17) is 9.47 Å². The molecule has 0 aliphatic carbocycles. The Morgan fingerprint density at radius 3 is 2.63 bits per heavy atom. The molecule has 104 valence electrons. The lowest BCUT2D eigenvalue weighted by Crippen LogP contribution is -2.34. The summed E-state index contributed by atoms with van der Waals surface area (Å²) in [6.45, 7) is 2.03. The van der Waals surface area contributed by atoms with Gasteiger partial charge in [0.05, 0.1) is 12.3 Å². The zero-order valence-corrected chi connectivity index (χ0v) is 11.0. The van der Waals surface area contributed by atoms with Crippen molar-refractivity contribution in [2.75, 3.05) is 38.3 Å². The van der Waals surface area contributed by atoms with Crippen LogP contribution in [0.2, 0.25) is 0 Å². The van der Waals surface area contributed by atoms with Crippen LogP contribution in [-0.4, -0.2) is 39.2 Å². The van der Waals surface area contributed by atoms with Gasteiger partial charge in [-0.1, -0.05) is 0 Å². The maximum atomic E-state index is 14.0. The lowest BCUT2D eigenvalue weighted by Gasteiger charge is -2.28. The Labute approximate surface area is 112 Å². The maximum Gasteiger partial charge on any atom is 0.150 e. The third kappa shape index (κ3) is 3.67. The molecule has 4 nitrogen and oxygen atoms in total. The van der Waals surface area contributed by atoms with Crippen molar-refractivity contribution in [3.05, 3.63) is 24.0 Å². The zero-order valence-electron chi connectivity index (χ0n) is 11.0. The first-order chi connectivity index (χ1) is 9.20. The van der Waals surface area contributed by atoms with Gasteiger partial charge in [-0.25, -0.2) is 4.39 Å². The molecule has 0 radical (unpaired) electrons. The average Bonchev–Trinajstić information content (AvgIpc) is 2.41. The average molecular weight is 267 g/mol. The lowest BCUT2D eigenvalue weighted by molar-refractivity contribution is -0.119. The number of methoxy groups -OCH3 is 1. The molecule has 1 fully saturated rings. The SMILES string of the molecule is COCCOc1ccc(N2CCC(=O)CC2)c(F)c1. The fraction of sp³-hybridized carbons (Fsp3) is 0.500. The normalized spacial score (nSPS) is 15.7. The number of hydrogen-bond acceptors (Lipinski definition) is 4. The van der Waals surface area contributed by atoms with Crippen molar-refractivity contribution in [2.45, 2.75) is 12.8 Å². The highest BCUT2D eigenvalue weighted by atomic mass is 19.1. The van der Waals surface area contributed by atoms with Crippen LogP contribution in [0.1, 0.15) is 12.8 Å². The second-order valence-corrected chi connectivity index (χ2v) is 4.48. The number of ether oxygens (including phenoxy) is 2. The first-order valence-corrected chi connectivity index (χ1v) is 6.38. The van der Waals surface area contributed by atoms with Crippen molar-refractivity contribution in [1.82, 2.24) is 0 Å². The van der Waals surface area contributed by atoms with Crippen LogP contribution in [0.3, 0.4) is 0 Å². The van der Waals surface area contributed by atoms with E-state index < -0.39 is 0 Å². The van der Waals surface area contributed by atoms with Crippen LogP contribution >= 0.6 is 0 Å². The van der Waals surface area contributed by atoms with E-state index in [0.717, 1.165) is 0 Å². The molecule has 1 saturated heterocycles. The minimum atomic E-state index is -0.315. The van der Waals surface area contributed by atoms with Gasteiger partial charge in [-0.15, -0.1) is 0 Å². The summed E-state index contributed by atoms with van der Waals surface area (Å²) >= 11 is 0. The second kappa shape index (κ2) is 6.52. The number of piperidine rings is 1. The number of carbonyl (C=O) groups excluding carboxylic acids is 1. The number of benzene rings is 1. The first kappa shape index (κ1) is 13.8. The summed E-state index contributed by atoms with van der Waals surface area (Å²) in [6, 6.07) is 4.82. The van der Waals surface area contributed by atoms with Crippen LogP contribution in [0.4, 0.5) is 10.1 Å². The molecule has 2 rings (SSSR count).